The Labute approximate surface area is 113 Å². The molecule has 1 saturated carbocycles. The van der Waals surface area contributed by atoms with E-state index in [9.17, 15) is 18.3 Å². The average Bonchev–Trinajstić information content (AvgIpc) is 2.87. The minimum absolute atomic E-state index is 0.00491. The number of hydrogen-bond acceptors (Lipinski definition) is 4. The number of methoxy groups -OCH3 is 1. The smallest absolute Gasteiger partial charge is 0.322 e. The van der Waals surface area contributed by atoms with E-state index in [0.29, 0.717) is 19.6 Å². The normalized spacial score (nSPS) is 31.5. The Morgan fingerprint density at radius 3 is 2.79 bits per heavy atom. The summed E-state index contributed by atoms with van der Waals surface area (Å²) in [7, 11) is -1.98. The number of rotatable bonds is 6. The second kappa shape index (κ2) is 5.76. The molecule has 2 fully saturated rings. The lowest BCUT2D eigenvalue weighted by atomic mass is 9.94. The molecule has 0 amide bonds. The second-order valence-corrected chi connectivity index (χ2v) is 7.41. The topological polar surface area (TPSA) is 83.9 Å². The number of hydrogen-bond donors (Lipinski definition) is 1. The van der Waals surface area contributed by atoms with Crippen LogP contribution in [0.15, 0.2) is 0 Å². The summed E-state index contributed by atoms with van der Waals surface area (Å²) >= 11 is 0. The fourth-order valence-electron chi connectivity index (χ4n) is 3.36. The summed E-state index contributed by atoms with van der Waals surface area (Å²) in [6, 6.07) is -0.861. The van der Waals surface area contributed by atoms with Gasteiger partial charge in [-0.3, -0.25) is 4.79 Å². The van der Waals surface area contributed by atoms with Gasteiger partial charge in [0.2, 0.25) is 10.0 Å². The minimum atomic E-state index is -3.50. The fourth-order valence-corrected chi connectivity index (χ4v) is 5.09. The molecule has 3 unspecified atom stereocenters. The van der Waals surface area contributed by atoms with Crippen molar-refractivity contribution in [2.24, 2.45) is 11.8 Å². The zero-order valence-electron chi connectivity index (χ0n) is 11.1. The number of fused-ring (bicyclic) bond motifs is 1. The van der Waals surface area contributed by atoms with Gasteiger partial charge in [-0.15, -0.1) is 0 Å². The summed E-state index contributed by atoms with van der Waals surface area (Å²) < 4.78 is 30.6. The highest BCUT2D eigenvalue weighted by Crippen LogP contribution is 2.43. The highest BCUT2D eigenvalue weighted by molar-refractivity contribution is 7.89. The number of carbonyl (C=O) groups is 1. The van der Waals surface area contributed by atoms with Crippen molar-refractivity contribution in [1.29, 1.82) is 0 Å². The fraction of sp³-hybridized carbons (Fsp3) is 0.917. The third-order valence-corrected chi connectivity index (χ3v) is 6.10. The standard InChI is InChI=1S/C12H21NO5S/c1-18-6-3-7-19(16,17)13-8-9-4-2-5-10(9)11(13)12(14)15/h9-11H,2-8H2,1H3,(H,14,15). The average molecular weight is 291 g/mol. The van der Waals surface area contributed by atoms with Crippen LogP contribution in [0.4, 0.5) is 0 Å². The van der Waals surface area contributed by atoms with Crippen LogP contribution in [-0.4, -0.2) is 55.9 Å². The number of nitrogens with zero attached hydrogens (tertiary/aromatic N) is 1. The van der Waals surface area contributed by atoms with Gasteiger partial charge in [-0.05, 0) is 31.1 Å². The second-order valence-electron chi connectivity index (χ2n) is 5.37. The van der Waals surface area contributed by atoms with Crippen LogP contribution in [0.3, 0.4) is 0 Å². The monoisotopic (exact) mass is 291 g/mol. The van der Waals surface area contributed by atoms with Crippen molar-refractivity contribution in [2.75, 3.05) is 26.0 Å². The number of aliphatic carboxylic acids is 1. The Morgan fingerprint density at radius 2 is 2.16 bits per heavy atom. The van der Waals surface area contributed by atoms with E-state index in [-0.39, 0.29) is 17.6 Å². The first-order chi connectivity index (χ1) is 8.97. The zero-order valence-corrected chi connectivity index (χ0v) is 11.9. The minimum Gasteiger partial charge on any atom is -0.480 e. The first-order valence-corrected chi connectivity index (χ1v) is 8.29. The Hall–Kier alpha value is -0.660. The van der Waals surface area contributed by atoms with Crippen molar-refractivity contribution in [3.63, 3.8) is 0 Å². The van der Waals surface area contributed by atoms with Crippen molar-refractivity contribution >= 4 is 16.0 Å². The van der Waals surface area contributed by atoms with E-state index in [1.54, 1.807) is 0 Å². The number of carboxylic acids is 1. The molecule has 0 radical (unpaired) electrons. The molecule has 7 heteroatoms. The summed E-state index contributed by atoms with van der Waals surface area (Å²) in [6.45, 7) is 0.745. The van der Waals surface area contributed by atoms with Crippen LogP contribution < -0.4 is 0 Å². The van der Waals surface area contributed by atoms with E-state index in [1.807, 2.05) is 0 Å². The highest BCUT2D eigenvalue weighted by atomic mass is 32.2. The van der Waals surface area contributed by atoms with Crippen LogP contribution in [-0.2, 0) is 19.6 Å². The SMILES string of the molecule is COCCCS(=O)(=O)N1CC2CCCC2C1C(=O)O. The lowest BCUT2D eigenvalue weighted by Crippen LogP contribution is -2.44. The molecule has 1 heterocycles. The van der Waals surface area contributed by atoms with Gasteiger partial charge in [0.15, 0.2) is 0 Å². The molecule has 0 aromatic carbocycles. The molecule has 19 heavy (non-hydrogen) atoms. The van der Waals surface area contributed by atoms with Gasteiger partial charge in [-0.1, -0.05) is 6.42 Å². The maximum atomic E-state index is 12.3. The molecule has 2 rings (SSSR count). The predicted octanol–water partition coefficient (Wildman–Crippen LogP) is 0.538. The Kier molecular flexibility index (Phi) is 4.47. The van der Waals surface area contributed by atoms with Gasteiger partial charge in [0.05, 0.1) is 5.75 Å². The van der Waals surface area contributed by atoms with Gasteiger partial charge in [0.25, 0.3) is 0 Å². The molecule has 1 aliphatic heterocycles. The molecule has 2 aliphatic rings. The van der Waals surface area contributed by atoms with E-state index in [2.05, 4.69) is 0 Å². The van der Waals surface area contributed by atoms with Gasteiger partial charge in [0.1, 0.15) is 6.04 Å². The zero-order chi connectivity index (χ0) is 14.0. The van der Waals surface area contributed by atoms with Crippen molar-refractivity contribution in [2.45, 2.75) is 31.7 Å². The summed E-state index contributed by atoms with van der Waals surface area (Å²) in [5, 5.41) is 9.33. The lowest BCUT2D eigenvalue weighted by molar-refractivity contribution is -0.142. The molecule has 3 atom stereocenters. The highest BCUT2D eigenvalue weighted by Gasteiger charge is 2.51. The number of carboxylic acid groups (broad SMARTS) is 1. The Morgan fingerprint density at radius 1 is 1.42 bits per heavy atom. The van der Waals surface area contributed by atoms with Crippen LogP contribution in [0.2, 0.25) is 0 Å². The third kappa shape index (κ3) is 2.93. The summed E-state index contributed by atoms with van der Waals surface area (Å²) in [6.07, 6.45) is 3.18. The first kappa shape index (κ1) is 14.7. The summed E-state index contributed by atoms with van der Waals surface area (Å²) in [4.78, 5) is 11.4. The maximum Gasteiger partial charge on any atom is 0.322 e. The van der Waals surface area contributed by atoms with E-state index in [0.717, 1.165) is 19.3 Å². The predicted molar refractivity (Wildman–Crippen MR) is 69.2 cm³/mol. The van der Waals surface area contributed by atoms with E-state index in [4.69, 9.17) is 4.74 Å². The van der Waals surface area contributed by atoms with E-state index >= 15 is 0 Å². The van der Waals surface area contributed by atoms with Gasteiger partial charge >= 0.3 is 5.97 Å². The molecule has 0 aromatic rings. The molecular formula is C12H21NO5S. The van der Waals surface area contributed by atoms with E-state index in [1.165, 1.54) is 11.4 Å². The van der Waals surface area contributed by atoms with Crippen molar-refractivity contribution in [3.05, 3.63) is 0 Å². The van der Waals surface area contributed by atoms with Crippen LogP contribution in [0.1, 0.15) is 25.7 Å². The molecule has 1 saturated heterocycles. The van der Waals surface area contributed by atoms with Gasteiger partial charge in [0, 0.05) is 20.3 Å². The van der Waals surface area contributed by atoms with Gasteiger partial charge in [-0.2, -0.15) is 4.31 Å². The van der Waals surface area contributed by atoms with Crippen LogP contribution in [0.25, 0.3) is 0 Å². The molecule has 110 valence electrons. The van der Waals surface area contributed by atoms with Crippen LogP contribution >= 0.6 is 0 Å². The van der Waals surface area contributed by atoms with Crippen LogP contribution in [0.5, 0.6) is 0 Å². The summed E-state index contributed by atoms with van der Waals surface area (Å²) in [5.74, 6) is -0.831. The molecule has 6 nitrogen and oxygen atoms in total. The maximum absolute atomic E-state index is 12.3. The Bertz CT molecular complexity index is 435. The number of ether oxygens (including phenoxy) is 1. The molecule has 0 spiro atoms. The quantitative estimate of drug-likeness (QED) is 0.722. The lowest BCUT2D eigenvalue weighted by Gasteiger charge is -2.23. The van der Waals surface area contributed by atoms with Gasteiger partial charge in [-0.25, -0.2) is 8.42 Å². The molecular weight excluding hydrogens is 270 g/mol. The molecule has 0 aromatic heterocycles. The molecule has 1 N–H and O–H groups in total. The molecule has 0 bridgehead atoms. The van der Waals surface area contributed by atoms with Crippen molar-refractivity contribution in [3.8, 4) is 0 Å². The van der Waals surface area contributed by atoms with Crippen molar-refractivity contribution < 1.29 is 23.1 Å². The molecule has 1 aliphatic carbocycles. The van der Waals surface area contributed by atoms with E-state index < -0.39 is 22.0 Å². The summed E-state index contributed by atoms with van der Waals surface area (Å²) in [5.41, 5.74) is 0. The van der Waals surface area contributed by atoms with Crippen LogP contribution in [0, 0.1) is 11.8 Å². The number of sulfonamides is 1. The van der Waals surface area contributed by atoms with Gasteiger partial charge < -0.3 is 9.84 Å². The Balaban J connectivity index is 2.12. The largest absolute Gasteiger partial charge is 0.480 e. The first-order valence-electron chi connectivity index (χ1n) is 6.68. The third-order valence-electron chi connectivity index (χ3n) is 4.21. The van der Waals surface area contributed by atoms with Crippen molar-refractivity contribution in [1.82, 2.24) is 4.31 Å².